The molecule has 0 aromatic carbocycles. The van der Waals surface area contributed by atoms with Crippen LogP contribution in [0.4, 0.5) is 5.69 Å². The van der Waals surface area contributed by atoms with Crippen molar-refractivity contribution < 1.29 is 4.79 Å². The second-order valence-corrected chi connectivity index (χ2v) is 8.16. The number of pyridine rings is 1. The number of carbonyl (C=O) groups is 1. The van der Waals surface area contributed by atoms with Gasteiger partial charge in [0.25, 0.3) is 0 Å². The fourth-order valence-corrected chi connectivity index (χ4v) is 3.59. The zero-order valence-electron chi connectivity index (χ0n) is 16.3. The lowest BCUT2D eigenvalue weighted by atomic mass is 9.96. The van der Waals surface area contributed by atoms with Gasteiger partial charge in [0.2, 0.25) is 5.91 Å². The average molecular weight is 376 g/mol. The SMILES string of the molecule is CCc1nn(CCN)c(CC)c1Sc1ccc(NC(=O)C(C)(C)C)cn1. The molecule has 0 radical (unpaired) electrons. The lowest BCUT2D eigenvalue weighted by Gasteiger charge is -2.17. The Morgan fingerprint density at radius 1 is 1.27 bits per heavy atom. The Labute approximate surface area is 160 Å². The molecule has 0 aliphatic rings. The molecule has 1 amide bonds. The number of hydrogen-bond acceptors (Lipinski definition) is 5. The molecular formula is C19H29N5OS. The fourth-order valence-electron chi connectivity index (χ4n) is 2.47. The van der Waals surface area contributed by atoms with Crippen molar-refractivity contribution in [3.63, 3.8) is 0 Å². The smallest absolute Gasteiger partial charge is 0.229 e. The van der Waals surface area contributed by atoms with E-state index in [2.05, 4.69) is 24.1 Å². The molecule has 0 aliphatic carbocycles. The third kappa shape index (κ3) is 4.86. The summed E-state index contributed by atoms with van der Waals surface area (Å²) in [7, 11) is 0. The number of carbonyl (C=O) groups excluding carboxylic acids is 1. The molecular weight excluding hydrogens is 346 g/mol. The fraction of sp³-hybridized carbons (Fsp3) is 0.526. The quantitative estimate of drug-likeness (QED) is 0.773. The zero-order chi connectivity index (χ0) is 19.3. The topological polar surface area (TPSA) is 85.8 Å². The summed E-state index contributed by atoms with van der Waals surface area (Å²) in [5.74, 6) is -0.0238. The Kier molecular flexibility index (Phi) is 6.83. The molecule has 7 heteroatoms. The van der Waals surface area contributed by atoms with Crippen molar-refractivity contribution in [2.75, 3.05) is 11.9 Å². The van der Waals surface area contributed by atoms with E-state index in [0.717, 1.165) is 30.1 Å². The van der Waals surface area contributed by atoms with Crippen molar-refractivity contribution in [3.8, 4) is 0 Å². The molecule has 0 bridgehead atoms. The van der Waals surface area contributed by atoms with Crippen LogP contribution in [0.5, 0.6) is 0 Å². The highest BCUT2D eigenvalue weighted by atomic mass is 32.2. The molecule has 0 unspecified atom stereocenters. The minimum absolute atomic E-state index is 0.0238. The second kappa shape index (κ2) is 8.68. The van der Waals surface area contributed by atoms with E-state index in [-0.39, 0.29) is 5.91 Å². The monoisotopic (exact) mass is 375 g/mol. The van der Waals surface area contributed by atoms with Crippen LogP contribution in [-0.2, 0) is 24.2 Å². The van der Waals surface area contributed by atoms with Gasteiger partial charge in [-0.15, -0.1) is 0 Å². The largest absolute Gasteiger partial charge is 0.329 e. The van der Waals surface area contributed by atoms with Crippen molar-refractivity contribution >= 4 is 23.4 Å². The molecule has 0 saturated carbocycles. The van der Waals surface area contributed by atoms with Crippen molar-refractivity contribution in [2.24, 2.45) is 11.1 Å². The van der Waals surface area contributed by atoms with Gasteiger partial charge in [-0.2, -0.15) is 5.10 Å². The first kappa shape index (κ1) is 20.5. The maximum absolute atomic E-state index is 12.1. The molecule has 0 spiro atoms. The molecule has 2 aromatic heterocycles. The number of amides is 1. The Morgan fingerprint density at radius 3 is 2.50 bits per heavy atom. The van der Waals surface area contributed by atoms with E-state index < -0.39 is 5.41 Å². The number of rotatable bonds is 7. The van der Waals surface area contributed by atoms with Crippen LogP contribution >= 0.6 is 11.8 Å². The highest BCUT2D eigenvalue weighted by Gasteiger charge is 2.21. The lowest BCUT2D eigenvalue weighted by molar-refractivity contribution is -0.123. The summed E-state index contributed by atoms with van der Waals surface area (Å²) in [4.78, 5) is 17.7. The van der Waals surface area contributed by atoms with Crippen LogP contribution in [0.2, 0.25) is 0 Å². The number of nitrogens with zero attached hydrogens (tertiary/aromatic N) is 3. The molecule has 0 aliphatic heterocycles. The van der Waals surface area contributed by atoms with Gasteiger partial charge in [0.1, 0.15) is 5.03 Å². The zero-order valence-corrected chi connectivity index (χ0v) is 17.1. The van der Waals surface area contributed by atoms with Crippen LogP contribution in [0.3, 0.4) is 0 Å². The third-order valence-corrected chi connectivity index (χ3v) is 5.10. The van der Waals surface area contributed by atoms with Crippen molar-refractivity contribution in [1.82, 2.24) is 14.8 Å². The number of nitrogens with two attached hydrogens (primary N) is 1. The van der Waals surface area contributed by atoms with E-state index in [1.165, 1.54) is 10.6 Å². The van der Waals surface area contributed by atoms with Gasteiger partial charge in [-0.05, 0) is 25.0 Å². The maximum atomic E-state index is 12.1. The van der Waals surface area contributed by atoms with E-state index in [9.17, 15) is 4.79 Å². The summed E-state index contributed by atoms with van der Waals surface area (Å²) in [6, 6.07) is 3.82. The predicted molar refractivity (Wildman–Crippen MR) is 106 cm³/mol. The molecule has 0 saturated heterocycles. The molecule has 3 N–H and O–H groups in total. The third-order valence-electron chi connectivity index (χ3n) is 3.97. The molecule has 0 atom stereocenters. The van der Waals surface area contributed by atoms with E-state index >= 15 is 0 Å². The molecule has 0 fully saturated rings. The van der Waals surface area contributed by atoms with Crippen molar-refractivity contribution in [1.29, 1.82) is 0 Å². The Hall–Kier alpha value is -1.86. The molecule has 142 valence electrons. The van der Waals surface area contributed by atoms with Gasteiger partial charge in [-0.1, -0.05) is 46.4 Å². The predicted octanol–water partition coefficient (Wildman–Crippen LogP) is 3.50. The van der Waals surface area contributed by atoms with Crippen LogP contribution in [0, 0.1) is 5.41 Å². The number of aromatic nitrogens is 3. The van der Waals surface area contributed by atoms with Gasteiger partial charge in [-0.3, -0.25) is 9.48 Å². The van der Waals surface area contributed by atoms with Crippen LogP contribution in [-0.4, -0.2) is 27.2 Å². The van der Waals surface area contributed by atoms with E-state index in [4.69, 9.17) is 10.8 Å². The van der Waals surface area contributed by atoms with Crippen LogP contribution < -0.4 is 11.1 Å². The van der Waals surface area contributed by atoms with Crippen molar-refractivity contribution in [3.05, 3.63) is 29.7 Å². The first-order chi connectivity index (χ1) is 12.3. The summed E-state index contributed by atoms with van der Waals surface area (Å²) in [6.07, 6.45) is 3.47. The molecule has 2 rings (SSSR count). The van der Waals surface area contributed by atoms with Gasteiger partial charge in [0.15, 0.2) is 0 Å². The first-order valence-corrected chi connectivity index (χ1v) is 9.85. The van der Waals surface area contributed by atoms with Gasteiger partial charge in [0, 0.05) is 12.0 Å². The normalized spacial score (nSPS) is 11.6. The highest BCUT2D eigenvalue weighted by Crippen LogP contribution is 2.33. The molecule has 6 nitrogen and oxygen atoms in total. The molecule has 26 heavy (non-hydrogen) atoms. The summed E-state index contributed by atoms with van der Waals surface area (Å²) in [5, 5.41) is 8.48. The number of nitrogens with one attached hydrogen (secondary N) is 1. The lowest BCUT2D eigenvalue weighted by Crippen LogP contribution is -2.27. The van der Waals surface area contributed by atoms with Crippen molar-refractivity contribution in [2.45, 2.75) is 63.9 Å². The standard InChI is InChI=1S/C19H29N5OS/c1-6-14-17(15(7-2)24(23-14)11-10-20)26-16-9-8-13(12-21-16)22-18(25)19(3,4)5/h8-9,12H,6-7,10-11,20H2,1-5H3,(H,22,25). The van der Waals surface area contributed by atoms with Gasteiger partial charge in [-0.25, -0.2) is 4.98 Å². The Balaban J connectivity index is 2.20. The Morgan fingerprint density at radius 2 is 2.00 bits per heavy atom. The molecule has 2 heterocycles. The first-order valence-electron chi connectivity index (χ1n) is 9.04. The van der Waals surface area contributed by atoms with Crippen LogP contribution in [0.1, 0.15) is 46.0 Å². The highest BCUT2D eigenvalue weighted by molar-refractivity contribution is 7.99. The summed E-state index contributed by atoms with van der Waals surface area (Å²) >= 11 is 1.62. The van der Waals surface area contributed by atoms with Gasteiger partial charge in [0.05, 0.1) is 34.7 Å². The van der Waals surface area contributed by atoms with E-state index in [0.29, 0.717) is 12.2 Å². The van der Waals surface area contributed by atoms with Gasteiger partial charge < -0.3 is 11.1 Å². The van der Waals surface area contributed by atoms with E-state index in [1.54, 1.807) is 18.0 Å². The number of anilines is 1. The summed E-state index contributed by atoms with van der Waals surface area (Å²) < 4.78 is 2.01. The van der Waals surface area contributed by atoms with Crippen LogP contribution in [0.15, 0.2) is 28.3 Å². The molecule has 2 aromatic rings. The average Bonchev–Trinajstić information content (AvgIpc) is 2.92. The van der Waals surface area contributed by atoms with Gasteiger partial charge >= 0.3 is 0 Å². The maximum Gasteiger partial charge on any atom is 0.229 e. The minimum Gasteiger partial charge on any atom is -0.329 e. The van der Waals surface area contributed by atoms with E-state index in [1.807, 2.05) is 37.6 Å². The second-order valence-electron chi connectivity index (χ2n) is 7.13. The number of aryl methyl sites for hydroxylation is 1. The summed E-state index contributed by atoms with van der Waals surface area (Å²) in [5.41, 5.74) is 8.26. The summed E-state index contributed by atoms with van der Waals surface area (Å²) in [6.45, 7) is 11.2. The minimum atomic E-state index is -0.433. The Bertz CT molecular complexity index is 747. The van der Waals surface area contributed by atoms with Crippen LogP contribution in [0.25, 0.3) is 0 Å². The number of hydrogen-bond donors (Lipinski definition) is 2.